The van der Waals surface area contributed by atoms with Gasteiger partial charge >= 0.3 is 0 Å². The maximum Gasteiger partial charge on any atom is 0.238 e. The van der Waals surface area contributed by atoms with Crippen LogP contribution in [0.15, 0.2) is 40.8 Å². The van der Waals surface area contributed by atoms with Crippen LogP contribution in [0.1, 0.15) is 13.8 Å². The van der Waals surface area contributed by atoms with Gasteiger partial charge in [0.1, 0.15) is 23.0 Å². The van der Waals surface area contributed by atoms with Gasteiger partial charge in [0.2, 0.25) is 10.0 Å². The van der Waals surface area contributed by atoms with Gasteiger partial charge in [0.15, 0.2) is 0 Å². The number of primary sulfonamides is 1. The topological polar surface area (TPSA) is 82.3 Å². The van der Waals surface area contributed by atoms with Crippen LogP contribution in [-0.4, -0.2) is 20.0 Å². The van der Waals surface area contributed by atoms with E-state index in [1.165, 1.54) is 18.2 Å². The second kappa shape index (κ2) is 6.01. The molecule has 0 saturated carbocycles. The number of nitrogens with zero attached hydrogens (tertiary/aromatic N) is 1. The summed E-state index contributed by atoms with van der Waals surface area (Å²) in [6, 6.07) is 6.02. The molecule has 2 rings (SSSR count). The van der Waals surface area contributed by atoms with Gasteiger partial charge in [-0.05, 0) is 44.2 Å². The second-order valence-electron chi connectivity index (χ2n) is 4.73. The predicted octanol–water partition coefficient (Wildman–Crippen LogP) is 2.88. The zero-order chi connectivity index (χ0) is 15.6. The lowest BCUT2D eigenvalue weighted by Crippen LogP contribution is -2.13. The first-order chi connectivity index (χ1) is 9.79. The van der Waals surface area contributed by atoms with Crippen molar-refractivity contribution in [3.05, 3.63) is 41.1 Å². The van der Waals surface area contributed by atoms with Crippen LogP contribution >= 0.6 is 11.6 Å². The van der Waals surface area contributed by atoms with E-state index < -0.39 is 10.0 Å². The van der Waals surface area contributed by atoms with Crippen LogP contribution in [0.4, 0.5) is 0 Å². The van der Waals surface area contributed by atoms with E-state index in [0.29, 0.717) is 23.3 Å². The maximum absolute atomic E-state index is 11.6. The van der Waals surface area contributed by atoms with Crippen molar-refractivity contribution in [1.29, 1.82) is 0 Å². The van der Waals surface area contributed by atoms with Crippen LogP contribution in [-0.2, 0) is 10.0 Å². The van der Waals surface area contributed by atoms with Crippen molar-refractivity contribution in [1.82, 2.24) is 4.98 Å². The van der Waals surface area contributed by atoms with Crippen molar-refractivity contribution >= 4 is 32.5 Å². The number of nitrogens with two attached hydrogens (primary N) is 1. The zero-order valence-electron chi connectivity index (χ0n) is 11.6. The SMILES string of the molecule is CC(C)=CCOc1ccc(S(N)(=O)=O)c2ccc(Cl)nc12. The molecule has 1 aromatic heterocycles. The average Bonchev–Trinajstić information content (AvgIpc) is 2.37. The number of hydrogen-bond donors (Lipinski definition) is 1. The summed E-state index contributed by atoms with van der Waals surface area (Å²) >= 11 is 5.88. The van der Waals surface area contributed by atoms with E-state index >= 15 is 0 Å². The van der Waals surface area contributed by atoms with Crippen molar-refractivity contribution in [2.24, 2.45) is 5.14 Å². The van der Waals surface area contributed by atoms with E-state index in [0.717, 1.165) is 5.57 Å². The van der Waals surface area contributed by atoms with E-state index in [1.54, 1.807) is 6.07 Å². The van der Waals surface area contributed by atoms with Gasteiger partial charge in [-0.3, -0.25) is 0 Å². The lowest BCUT2D eigenvalue weighted by Gasteiger charge is -2.10. The standard InChI is InChI=1S/C14H15ClN2O3S/c1-9(2)7-8-20-11-4-5-12(21(16,18)19)10-3-6-13(15)17-14(10)11/h3-7H,8H2,1-2H3,(H2,16,18,19). The number of pyridine rings is 1. The van der Waals surface area contributed by atoms with Crippen molar-refractivity contribution in [2.75, 3.05) is 6.61 Å². The van der Waals surface area contributed by atoms with E-state index in [-0.39, 0.29) is 10.0 Å². The molecule has 0 aliphatic carbocycles. The van der Waals surface area contributed by atoms with Crippen LogP contribution in [0.2, 0.25) is 5.15 Å². The number of sulfonamides is 1. The third-order valence-corrected chi connectivity index (χ3v) is 3.96. The first kappa shape index (κ1) is 15.8. The highest BCUT2D eigenvalue weighted by Gasteiger charge is 2.16. The Bertz CT molecular complexity index is 812. The molecule has 0 aliphatic heterocycles. The zero-order valence-corrected chi connectivity index (χ0v) is 13.2. The largest absolute Gasteiger partial charge is 0.487 e. The summed E-state index contributed by atoms with van der Waals surface area (Å²) in [5.74, 6) is 0.456. The van der Waals surface area contributed by atoms with Crippen molar-refractivity contribution in [2.45, 2.75) is 18.7 Å². The monoisotopic (exact) mass is 326 g/mol. The average molecular weight is 327 g/mol. The first-order valence-electron chi connectivity index (χ1n) is 6.17. The van der Waals surface area contributed by atoms with Gasteiger partial charge in [-0.2, -0.15) is 0 Å². The molecule has 0 radical (unpaired) electrons. The highest BCUT2D eigenvalue weighted by Crippen LogP contribution is 2.30. The number of aromatic nitrogens is 1. The Hall–Kier alpha value is -1.63. The molecule has 7 heteroatoms. The molecular formula is C14H15ClN2O3S. The predicted molar refractivity (Wildman–Crippen MR) is 83.1 cm³/mol. The van der Waals surface area contributed by atoms with Gasteiger partial charge in [-0.15, -0.1) is 0 Å². The summed E-state index contributed by atoms with van der Waals surface area (Å²) in [5, 5.41) is 5.85. The van der Waals surface area contributed by atoms with Gasteiger partial charge in [0.25, 0.3) is 0 Å². The summed E-state index contributed by atoms with van der Waals surface area (Å²) in [7, 11) is -3.84. The number of rotatable bonds is 4. The molecule has 2 N–H and O–H groups in total. The van der Waals surface area contributed by atoms with E-state index in [1.807, 2.05) is 19.9 Å². The lowest BCUT2D eigenvalue weighted by atomic mass is 10.2. The molecule has 0 amide bonds. The van der Waals surface area contributed by atoms with Crippen LogP contribution in [0.25, 0.3) is 10.9 Å². The minimum Gasteiger partial charge on any atom is -0.487 e. The Morgan fingerprint density at radius 2 is 2.05 bits per heavy atom. The molecular weight excluding hydrogens is 312 g/mol. The maximum atomic E-state index is 11.6. The van der Waals surface area contributed by atoms with Crippen molar-refractivity contribution in [3.63, 3.8) is 0 Å². The third kappa shape index (κ3) is 3.72. The number of benzene rings is 1. The van der Waals surface area contributed by atoms with Gasteiger partial charge in [0, 0.05) is 5.39 Å². The minimum atomic E-state index is -3.84. The fraction of sp³-hybridized carbons (Fsp3) is 0.214. The highest BCUT2D eigenvalue weighted by atomic mass is 35.5. The Balaban J connectivity index is 2.58. The number of fused-ring (bicyclic) bond motifs is 1. The summed E-state index contributed by atoms with van der Waals surface area (Å²) < 4.78 is 28.8. The Kier molecular flexibility index (Phi) is 4.51. The second-order valence-corrected chi connectivity index (χ2v) is 6.65. The normalized spacial score (nSPS) is 11.4. The fourth-order valence-electron chi connectivity index (χ4n) is 1.80. The van der Waals surface area contributed by atoms with Gasteiger partial charge in [-0.1, -0.05) is 17.2 Å². The molecule has 1 aromatic carbocycles. The number of halogens is 1. The third-order valence-electron chi connectivity index (χ3n) is 2.78. The molecule has 0 aliphatic rings. The summed E-state index contributed by atoms with van der Waals surface area (Å²) in [4.78, 5) is 4.14. The first-order valence-corrected chi connectivity index (χ1v) is 8.09. The van der Waals surface area contributed by atoms with E-state index in [2.05, 4.69) is 4.98 Å². The smallest absolute Gasteiger partial charge is 0.238 e. The Labute approximate surface area is 128 Å². The molecule has 21 heavy (non-hydrogen) atoms. The fourth-order valence-corrected chi connectivity index (χ4v) is 2.68. The van der Waals surface area contributed by atoms with Crippen LogP contribution in [0, 0.1) is 0 Å². The molecule has 0 bridgehead atoms. The molecule has 1 heterocycles. The summed E-state index contributed by atoms with van der Waals surface area (Å²) in [6.45, 7) is 4.28. The molecule has 5 nitrogen and oxygen atoms in total. The molecule has 0 fully saturated rings. The van der Waals surface area contributed by atoms with Gasteiger partial charge in [0.05, 0.1) is 4.90 Å². The molecule has 0 unspecified atom stereocenters. The van der Waals surface area contributed by atoms with Crippen molar-refractivity contribution < 1.29 is 13.2 Å². The Morgan fingerprint density at radius 3 is 2.67 bits per heavy atom. The quantitative estimate of drug-likeness (QED) is 0.691. The van der Waals surface area contributed by atoms with Crippen LogP contribution in [0.3, 0.4) is 0 Å². The molecule has 2 aromatic rings. The lowest BCUT2D eigenvalue weighted by molar-refractivity contribution is 0.365. The summed E-state index contributed by atoms with van der Waals surface area (Å²) in [5.41, 5.74) is 1.49. The number of ether oxygens (including phenoxy) is 1. The minimum absolute atomic E-state index is 0.00349. The molecule has 0 spiro atoms. The number of allylic oxidation sites excluding steroid dienone is 1. The number of hydrogen-bond acceptors (Lipinski definition) is 4. The summed E-state index contributed by atoms with van der Waals surface area (Å²) in [6.07, 6.45) is 1.91. The van der Waals surface area contributed by atoms with Gasteiger partial charge < -0.3 is 4.74 Å². The Morgan fingerprint density at radius 1 is 1.33 bits per heavy atom. The van der Waals surface area contributed by atoms with Gasteiger partial charge in [-0.25, -0.2) is 18.5 Å². The molecule has 0 atom stereocenters. The van der Waals surface area contributed by atoms with E-state index in [4.69, 9.17) is 21.5 Å². The molecule has 0 saturated heterocycles. The van der Waals surface area contributed by atoms with Crippen LogP contribution < -0.4 is 9.88 Å². The van der Waals surface area contributed by atoms with Crippen molar-refractivity contribution in [3.8, 4) is 5.75 Å². The highest BCUT2D eigenvalue weighted by molar-refractivity contribution is 7.89. The van der Waals surface area contributed by atoms with Crippen LogP contribution in [0.5, 0.6) is 5.75 Å². The molecule has 112 valence electrons. The van der Waals surface area contributed by atoms with E-state index in [9.17, 15) is 8.42 Å².